The number of nitrogen functional groups attached to an aromatic ring is 1. The Morgan fingerprint density at radius 3 is 3.23 bits per heavy atom. The topological polar surface area (TPSA) is 73.1 Å². The van der Waals surface area contributed by atoms with E-state index in [9.17, 15) is 0 Å². The Kier molecular flexibility index (Phi) is 1.97. The summed E-state index contributed by atoms with van der Waals surface area (Å²) in [5.74, 6) is 0.923. The monoisotopic (exact) mass is 196 g/mol. The summed E-state index contributed by atoms with van der Waals surface area (Å²) < 4.78 is 8.08. The molecule has 2 rings (SSSR count). The molecule has 5 nitrogen and oxygen atoms in total. The molecule has 0 radical (unpaired) electrons. The number of aromatic nitrogens is 2. The third-order valence-corrected chi connectivity index (χ3v) is 2.34. The van der Waals surface area contributed by atoms with E-state index in [1.54, 1.807) is 19.5 Å². The molecule has 0 spiro atoms. The van der Waals surface area contributed by atoms with Crippen molar-refractivity contribution in [3.05, 3.63) is 18.1 Å². The maximum atomic E-state index is 5.46. The van der Waals surface area contributed by atoms with Gasteiger partial charge >= 0.3 is 0 Å². The molecule has 0 saturated heterocycles. The van der Waals surface area contributed by atoms with Crippen LogP contribution in [0.25, 0.3) is 5.76 Å². The third-order valence-electron chi connectivity index (χ3n) is 1.59. The van der Waals surface area contributed by atoms with Crippen LogP contribution in [0.4, 0.5) is 5.95 Å². The second-order valence-corrected chi connectivity index (χ2v) is 3.25. The zero-order valence-electron chi connectivity index (χ0n) is 6.94. The maximum Gasteiger partial charge on any atom is 0.220 e. The first-order valence-corrected chi connectivity index (χ1v) is 4.42. The number of hydrogen-bond donors (Lipinski definition) is 2. The van der Waals surface area contributed by atoms with Crippen LogP contribution in [-0.2, 0) is 4.74 Å². The number of fused-ring (bicyclic) bond motifs is 1. The van der Waals surface area contributed by atoms with Crippen LogP contribution in [0.15, 0.2) is 17.3 Å². The molecule has 68 valence electrons. The molecule has 13 heavy (non-hydrogen) atoms. The van der Waals surface area contributed by atoms with Crippen molar-refractivity contribution >= 4 is 23.7 Å². The molecule has 0 fully saturated rings. The van der Waals surface area contributed by atoms with E-state index in [-0.39, 0.29) is 5.95 Å². The fraction of sp³-hybridized carbons (Fsp3) is 0.143. The molecule has 1 aliphatic heterocycles. The van der Waals surface area contributed by atoms with Crippen LogP contribution in [0.1, 0.15) is 5.69 Å². The number of nitrogens with two attached hydrogens (primary N) is 1. The van der Waals surface area contributed by atoms with Gasteiger partial charge in [0.15, 0.2) is 5.76 Å². The summed E-state index contributed by atoms with van der Waals surface area (Å²) >= 11 is 1.43. The van der Waals surface area contributed by atoms with Gasteiger partial charge in [-0.05, 0) is 11.9 Å². The van der Waals surface area contributed by atoms with Gasteiger partial charge in [0.25, 0.3) is 0 Å². The van der Waals surface area contributed by atoms with Crippen LogP contribution in [0.2, 0.25) is 0 Å². The molecule has 0 amide bonds. The number of hydrogen-bond acceptors (Lipinski definition) is 6. The van der Waals surface area contributed by atoms with Crippen molar-refractivity contribution in [1.82, 2.24) is 14.7 Å². The van der Waals surface area contributed by atoms with Crippen molar-refractivity contribution < 1.29 is 4.74 Å². The molecule has 0 atom stereocenters. The molecule has 1 aromatic rings. The first kappa shape index (κ1) is 8.18. The van der Waals surface area contributed by atoms with E-state index in [2.05, 4.69) is 14.7 Å². The molecular formula is C7H8N4OS. The summed E-state index contributed by atoms with van der Waals surface area (Å²) in [6.07, 6.45) is 3.40. The molecule has 2 heterocycles. The van der Waals surface area contributed by atoms with Crippen LogP contribution in [0, 0.1) is 0 Å². The van der Waals surface area contributed by atoms with E-state index in [1.807, 2.05) is 0 Å². The van der Waals surface area contributed by atoms with Gasteiger partial charge in [0.1, 0.15) is 5.69 Å². The lowest BCUT2D eigenvalue weighted by atomic mass is 10.3. The summed E-state index contributed by atoms with van der Waals surface area (Å²) in [6, 6.07) is 0. The first-order chi connectivity index (χ1) is 6.31. The predicted octanol–water partition coefficient (Wildman–Crippen LogP) is 0.614. The van der Waals surface area contributed by atoms with Gasteiger partial charge in [-0.3, -0.25) is 0 Å². The van der Waals surface area contributed by atoms with Gasteiger partial charge in [0.05, 0.1) is 18.2 Å². The van der Waals surface area contributed by atoms with E-state index >= 15 is 0 Å². The molecular weight excluding hydrogens is 188 g/mol. The second-order valence-electron chi connectivity index (χ2n) is 2.37. The third kappa shape index (κ3) is 1.40. The molecule has 0 aromatic carbocycles. The predicted molar refractivity (Wildman–Crippen MR) is 50.4 cm³/mol. The Labute approximate surface area is 79.5 Å². The summed E-state index contributed by atoms with van der Waals surface area (Å²) in [7, 11) is 1.59. The minimum Gasteiger partial charge on any atom is -0.493 e. The molecule has 6 heteroatoms. The molecule has 0 unspecified atom stereocenters. The van der Waals surface area contributed by atoms with Gasteiger partial charge in [0, 0.05) is 6.20 Å². The van der Waals surface area contributed by atoms with E-state index in [0.29, 0.717) is 5.76 Å². The van der Waals surface area contributed by atoms with Gasteiger partial charge in [-0.2, -0.15) is 0 Å². The summed E-state index contributed by atoms with van der Waals surface area (Å²) in [6.45, 7) is 0. The highest BCUT2D eigenvalue weighted by molar-refractivity contribution is 7.97. The lowest BCUT2D eigenvalue weighted by Gasteiger charge is -2.15. The number of methoxy groups -OCH3 is 1. The minimum atomic E-state index is 0.254. The highest BCUT2D eigenvalue weighted by Crippen LogP contribution is 2.28. The fourth-order valence-corrected chi connectivity index (χ4v) is 1.65. The van der Waals surface area contributed by atoms with E-state index < -0.39 is 0 Å². The van der Waals surface area contributed by atoms with Crippen LogP contribution in [0.5, 0.6) is 0 Å². The van der Waals surface area contributed by atoms with Crippen LogP contribution < -0.4 is 10.5 Å². The van der Waals surface area contributed by atoms with Gasteiger partial charge in [-0.1, -0.05) is 0 Å². The Bertz CT molecular complexity index is 366. The normalized spacial score (nSPS) is 14.1. The molecule has 3 N–H and O–H groups in total. The Morgan fingerprint density at radius 1 is 1.62 bits per heavy atom. The summed E-state index contributed by atoms with van der Waals surface area (Å²) in [5.41, 5.74) is 6.20. The number of anilines is 1. The highest BCUT2D eigenvalue weighted by Gasteiger charge is 2.15. The smallest absolute Gasteiger partial charge is 0.220 e. The Balaban J connectivity index is 2.51. The first-order valence-electron chi connectivity index (χ1n) is 3.60. The number of nitrogens with one attached hydrogen (secondary N) is 1. The largest absolute Gasteiger partial charge is 0.493 e. The average molecular weight is 196 g/mol. The van der Waals surface area contributed by atoms with Crippen molar-refractivity contribution in [3.63, 3.8) is 0 Å². The summed E-state index contributed by atoms with van der Waals surface area (Å²) in [4.78, 5) is 8.87. The summed E-state index contributed by atoms with van der Waals surface area (Å²) in [5, 5.41) is 0. The van der Waals surface area contributed by atoms with Crippen LogP contribution in [0.3, 0.4) is 0 Å². The average Bonchev–Trinajstić information content (AvgIpc) is 2.17. The fourth-order valence-electron chi connectivity index (χ4n) is 1.01. The lowest BCUT2D eigenvalue weighted by Crippen LogP contribution is -2.09. The zero-order chi connectivity index (χ0) is 9.26. The molecule has 0 bridgehead atoms. The SMILES string of the molecule is COC1=CNSc2cnc(N)nc21. The standard InChI is InChI=1S/C7H8N4OS/c1-12-4-2-10-13-5-3-9-7(8)11-6(4)5/h2-3,10H,1H3,(H2,8,9,11). The van der Waals surface area contributed by atoms with Crippen molar-refractivity contribution in [2.75, 3.05) is 12.8 Å². The van der Waals surface area contributed by atoms with Gasteiger partial charge in [-0.25, -0.2) is 9.97 Å². The molecule has 1 aliphatic rings. The van der Waals surface area contributed by atoms with Crippen molar-refractivity contribution in [3.8, 4) is 0 Å². The quantitative estimate of drug-likeness (QED) is 0.641. The zero-order valence-corrected chi connectivity index (χ0v) is 7.76. The van der Waals surface area contributed by atoms with Gasteiger partial charge < -0.3 is 15.2 Å². The van der Waals surface area contributed by atoms with Gasteiger partial charge in [0.2, 0.25) is 5.95 Å². The number of ether oxygens (including phenoxy) is 1. The van der Waals surface area contributed by atoms with Crippen molar-refractivity contribution in [2.24, 2.45) is 0 Å². The van der Waals surface area contributed by atoms with Crippen molar-refractivity contribution in [1.29, 1.82) is 0 Å². The molecule has 1 aromatic heterocycles. The maximum absolute atomic E-state index is 5.46. The Morgan fingerprint density at radius 2 is 2.46 bits per heavy atom. The van der Waals surface area contributed by atoms with E-state index in [4.69, 9.17) is 10.5 Å². The molecule has 0 aliphatic carbocycles. The van der Waals surface area contributed by atoms with Crippen molar-refractivity contribution in [2.45, 2.75) is 4.90 Å². The number of rotatable bonds is 1. The molecule has 0 saturated carbocycles. The van der Waals surface area contributed by atoms with Crippen LogP contribution in [-0.4, -0.2) is 17.1 Å². The number of nitrogens with zero attached hydrogens (tertiary/aromatic N) is 2. The minimum absolute atomic E-state index is 0.254. The van der Waals surface area contributed by atoms with E-state index in [0.717, 1.165) is 10.6 Å². The van der Waals surface area contributed by atoms with Crippen LogP contribution >= 0.6 is 11.9 Å². The van der Waals surface area contributed by atoms with Gasteiger partial charge in [-0.15, -0.1) is 0 Å². The van der Waals surface area contributed by atoms with E-state index in [1.165, 1.54) is 11.9 Å². The lowest BCUT2D eigenvalue weighted by molar-refractivity contribution is 0.365. The highest BCUT2D eigenvalue weighted by atomic mass is 32.2. The second kappa shape index (κ2) is 3.14. The Hall–Kier alpha value is -1.43.